The number of allylic oxidation sites excluding steroid dienone is 2. The molecule has 9 aromatic heterocycles. The molecule has 9 heterocycles. The first kappa shape index (κ1) is 104. The van der Waals surface area contributed by atoms with Crippen LogP contribution in [0.25, 0.3) is 145 Å². The molecule has 0 unspecified atom stereocenters. The first-order valence-electron chi connectivity index (χ1n) is 43.2. The van der Waals surface area contributed by atoms with Gasteiger partial charge in [0.1, 0.15) is 11.2 Å². The quantitative estimate of drug-likeness (QED) is 0.0593. The molecule has 0 amide bonds. The van der Waals surface area contributed by atoms with Crippen molar-refractivity contribution in [3.05, 3.63) is 466 Å². The zero-order valence-corrected chi connectivity index (χ0v) is 84.9. The maximum absolute atomic E-state index is 11.2. The average molecular weight is 2450 g/mol. The van der Waals surface area contributed by atoms with Crippen LogP contribution in [0.5, 0.6) is 0 Å². The third-order valence-electron chi connectivity index (χ3n) is 20.3. The van der Waals surface area contributed by atoms with E-state index in [0.717, 1.165) is 134 Å². The van der Waals surface area contributed by atoms with E-state index < -0.39 is 0 Å². The molecule has 1 N–H and O–H groups in total. The van der Waals surface area contributed by atoms with Crippen LogP contribution < -0.4 is 0 Å². The summed E-state index contributed by atoms with van der Waals surface area (Å²) in [5, 5.41) is 13.9. The van der Waals surface area contributed by atoms with Crippen LogP contribution in [0.15, 0.2) is 410 Å². The second-order valence-corrected chi connectivity index (χ2v) is 31.6. The minimum absolute atomic E-state index is 0. The number of aliphatic hydroxyl groups is 1. The Morgan fingerprint density at radius 3 is 1.23 bits per heavy atom. The van der Waals surface area contributed by atoms with Gasteiger partial charge in [-0.15, -0.1) is 216 Å². The van der Waals surface area contributed by atoms with Crippen molar-refractivity contribution >= 4 is 49.7 Å². The van der Waals surface area contributed by atoms with Crippen LogP contribution in [0.2, 0.25) is 0 Å². The molecular weight excluding hydrogens is 2350 g/mol. The number of carbonyl (C=O) groups is 1. The van der Waals surface area contributed by atoms with Gasteiger partial charge in [0.15, 0.2) is 5.78 Å². The largest absolute Gasteiger partial charge is 0.512 e. The van der Waals surface area contributed by atoms with Gasteiger partial charge in [0.25, 0.3) is 0 Å². The van der Waals surface area contributed by atoms with Crippen LogP contribution in [-0.2, 0) is 85.2 Å². The Morgan fingerprint density at radius 2 is 0.744 bits per heavy atom. The number of aliphatic hydroxyl groups excluding tert-OH is 1. The number of furan rings is 2. The Hall–Kier alpha value is -13.1. The molecule has 11 aromatic carbocycles. The number of fused-ring (bicyclic) bond motifs is 6. The standard InChI is InChI=1S/C20H16NO.C18H14N.C17H10NO.C17H12N.2C12H10N.C11H8N.C11H20O2.4Ir/c1-13(2)14-7-5-8-15-16-9-6-10-17(20(16)22-19(14)15)18-11-3-4-12-21-18;1-14-7-9-15(10-8-14)17-11-12-19-18(13-17)16-5-3-2-4-6-16;1-2-10-16-12(6-1)13-7-5-8-14(17(13)19-16)15-9-3-4-11-18-15;1-3-7-14(8-4-1)16-11-12-17(18-13-16)15-9-5-2-6-10-15;1-10-6-5-9-12(13-10)11-7-3-2-4-8-11;1-10-7-8-12(13-9-10)11-5-3-2-4-6-11;1-2-6-10(7-3-1)11-8-4-5-9-12-11;1-8(2)5-10(12)7-11(13)6-9(3)4;;;;/h3-9,11-13H,1-2H3;2-5,7-13H,1H3;1-7,9-11H;1-9,11-13H;2-7,9H,1H3;2-5,7-9H,1H3;1-6,8-9H;7-9,12H,5-6H2,1-4H3;;;;/q7*-1;;;;;. The molecular formula is C118H100Ir4N7O4-7. The third-order valence-corrected chi connectivity index (χ3v) is 20.3. The SMILES string of the molecule is CC(C)CC(=O)C=C(O)CC(C)C.CC(C)c1cccc2c1oc1c(-c3ccccn3)[c-]ccc12.Cc1ccc(-c2[c-]cccc2)nc1.Cc1ccc(-c2ccnc(-c3[c-]cccc3)c2)cc1.Cc1cccc(-c2[c-]cccc2)n1.[Ir].[Ir].[Ir].[Ir].[c-]1ccc2c(oc3ccccc32)c1-c1ccccn1.[c-]1ccccc1-c1ccc(-c2ccccc2)cn1.[c-]1ccccc1-c1ccccn1. The fourth-order valence-electron chi connectivity index (χ4n) is 13.9. The Kier molecular flexibility index (Phi) is 42.1. The van der Waals surface area contributed by atoms with E-state index in [2.05, 4.69) is 183 Å². The third kappa shape index (κ3) is 30.7. The number of hydrogen-bond donors (Lipinski definition) is 1. The minimum atomic E-state index is 0. The van der Waals surface area contributed by atoms with Gasteiger partial charge in [-0.25, -0.2) is 0 Å². The number of carbonyl (C=O) groups excluding carboxylic acids is 1. The molecule has 0 aliphatic rings. The molecule has 0 saturated carbocycles. The molecule has 15 heteroatoms. The summed E-state index contributed by atoms with van der Waals surface area (Å²) < 4.78 is 12.2. The van der Waals surface area contributed by atoms with E-state index in [0.29, 0.717) is 30.6 Å². The van der Waals surface area contributed by atoms with Crippen molar-refractivity contribution in [2.75, 3.05) is 0 Å². The zero-order chi connectivity index (χ0) is 89.9. The Bertz CT molecular complexity index is 6750. The smallest absolute Gasteiger partial charge is 0.159 e. The van der Waals surface area contributed by atoms with Crippen molar-refractivity contribution in [1.29, 1.82) is 0 Å². The van der Waals surface area contributed by atoms with E-state index >= 15 is 0 Å². The molecule has 4 radical (unpaired) electrons. The van der Waals surface area contributed by atoms with E-state index in [1.807, 2.05) is 327 Å². The summed E-state index contributed by atoms with van der Waals surface area (Å²) in [4.78, 5) is 41.9. The van der Waals surface area contributed by atoms with Gasteiger partial charge in [-0.2, -0.15) is 0 Å². The summed E-state index contributed by atoms with van der Waals surface area (Å²) in [6.45, 7) is 18.5. The molecule has 11 nitrogen and oxygen atoms in total. The zero-order valence-electron chi connectivity index (χ0n) is 75.3. The van der Waals surface area contributed by atoms with Gasteiger partial charge < -0.3 is 48.8 Å². The number of aromatic nitrogens is 7. The normalized spacial score (nSPS) is 10.4. The van der Waals surface area contributed by atoms with Crippen molar-refractivity contribution in [3.63, 3.8) is 0 Å². The van der Waals surface area contributed by atoms with E-state index in [1.165, 1.54) is 39.5 Å². The fraction of sp³-hybridized carbons (Fsp3) is 0.119. The number of hydrogen-bond acceptors (Lipinski definition) is 11. The number of aryl methyl sites for hydroxylation is 3. The van der Waals surface area contributed by atoms with Crippen LogP contribution in [0.4, 0.5) is 0 Å². The van der Waals surface area contributed by atoms with Crippen molar-refractivity contribution in [1.82, 2.24) is 34.9 Å². The Morgan fingerprint density at radius 1 is 0.323 bits per heavy atom. The molecule has 0 saturated heterocycles. The molecule has 0 aliphatic carbocycles. The van der Waals surface area contributed by atoms with Crippen molar-refractivity contribution in [2.45, 2.75) is 81.1 Å². The maximum Gasteiger partial charge on any atom is 0.159 e. The Labute approximate surface area is 836 Å². The van der Waals surface area contributed by atoms with Gasteiger partial charge in [0.2, 0.25) is 0 Å². The van der Waals surface area contributed by atoms with Gasteiger partial charge in [0, 0.05) is 153 Å². The predicted molar refractivity (Wildman–Crippen MR) is 528 cm³/mol. The van der Waals surface area contributed by atoms with Gasteiger partial charge >= 0.3 is 0 Å². The number of rotatable bonds is 15. The second kappa shape index (κ2) is 54.0. The second-order valence-electron chi connectivity index (χ2n) is 31.6. The number of pyridine rings is 7. The first-order valence-corrected chi connectivity index (χ1v) is 43.2. The molecule has 0 fully saturated rings. The van der Waals surface area contributed by atoms with Crippen LogP contribution in [0.3, 0.4) is 0 Å². The first-order chi connectivity index (χ1) is 63.0. The molecule has 0 bridgehead atoms. The fourth-order valence-corrected chi connectivity index (χ4v) is 13.9. The predicted octanol–water partition coefficient (Wildman–Crippen LogP) is 30.1. The topological polar surface area (TPSA) is 154 Å². The summed E-state index contributed by atoms with van der Waals surface area (Å²) in [5.74, 6) is 1.40. The molecule has 20 rings (SSSR count). The molecule has 674 valence electrons. The summed E-state index contributed by atoms with van der Waals surface area (Å²) in [6, 6.07) is 139. The van der Waals surface area contributed by atoms with E-state index in [9.17, 15) is 9.90 Å². The van der Waals surface area contributed by atoms with Crippen molar-refractivity contribution in [2.24, 2.45) is 11.8 Å². The molecule has 0 aliphatic heterocycles. The van der Waals surface area contributed by atoms with E-state index in [4.69, 9.17) is 8.83 Å². The minimum Gasteiger partial charge on any atom is -0.512 e. The maximum atomic E-state index is 11.2. The van der Waals surface area contributed by atoms with Gasteiger partial charge in [0.05, 0.1) is 16.9 Å². The number of para-hydroxylation sites is 2. The summed E-state index contributed by atoms with van der Waals surface area (Å²) in [7, 11) is 0. The average Bonchev–Trinajstić information content (AvgIpc) is 1.61. The van der Waals surface area contributed by atoms with Crippen LogP contribution in [0, 0.1) is 75.1 Å². The monoisotopic (exact) mass is 2450 g/mol. The molecule has 133 heavy (non-hydrogen) atoms. The molecule has 0 spiro atoms. The summed E-state index contributed by atoms with van der Waals surface area (Å²) in [5.41, 5.74) is 26.7. The Balaban J connectivity index is 0.000000172. The van der Waals surface area contributed by atoms with Crippen LogP contribution in [0.1, 0.15) is 82.7 Å². The van der Waals surface area contributed by atoms with Crippen LogP contribution >= 0.6 is 0 Å². The number of ketones is 1. The number of benzene rings is 11. The van der Waals surface area contributed by atoms with Crippen LogP contribution in [-0.4, -0.2) is 45.8 Å². The van der Waals surface area contributed by atoms with Gasteiger partial charge in [-0.05, 0) is 148 Å². The van der Waals surface area contributed by atoms with Crippen molar-refractivity contribution < 1.29 is 99.2 Å². The summed E-state index contributed by atoms with van der Waals surface area (Å²) >= 11 is 0. The number of nitrogens with zero attached hydrogens (tertiary/aromatic N) is 7. The van der Waals surface area contributed by atoms with Crippen molar-refractivity contribution in [3.8, 4) is 101 Å². The van der Waals surface area contributed by atoms with E-state index in [-0.39, 0.29) is 92.0 Å². The summed E-state index contributed by atoms with van der Waals surface area (Å²) in [6.07, 6.45) is 13.5. The van der Waals surface area contributed by atoms with Gasteiger partial charge in [-0.3, -0.25) is 4.79 Å². The molecule has 0 atom stereocenters. The molecule has 20 aromatic rings. The van der Waals surface area contributed by atoms with E-state index in [1.54, 1.807) is 18.6 Å². The van der Waals surface area contributed by atoms with Gasteiger partial charge in [-0.1, -0.05) is 239 Å².